The number of amides is 2. The van der Waals surface area contributed by atoms with Gasteiger partial charge in [-0.1, -0.05) is 12.1 Å². The van der Waals surface area contributed by atoms with Gasteiger partial charge in [0.2, 0.25) is 5.91 Å². The molecule has 0 radical (unpaired) electrons. The Morgan fingerprint density at radius 3 is 2.65 bits per heavy atom. The van der Waals surface area contributed by atoms with Gasteiger partial charge in [0.05, 0.1) is 23.2 Å². The molecule has 0 spiro atoms. The first-order valence-corrected chi connectivity index (χ1v) is 7.10. The second kappa shape index (κ2) is 5.38. The zero-order valence-electron chi connectivity index (χ0n) is 12.2. The average molecular weight is 318 g/mol. The summed E-state index contributed by atoms with van der Waals surface area (Å²) < 4.78 is 14.7. The first kappa shape index (κ1) is 15.0. The highest BCUT2D eigenvalue weighted by molar-refractivity contribution is 6.07. The van der Waals surface area contributed by atoms with Crippen molar-refractivity contribution in [1.29, 1.82) is 0 Å². The van der Waals surface area contributed by atoms with Crippen molar-refractivity contribution in [3.05, 3.63) is 45.6 Å². The number of hydrogen-bond acceptors (Lipinski definition) is 4. The molecule has 4 N–H and O–H groups in total. The number of likely N-dealkylation sites (tertiary alicyclic amines) is 1. The van der Waals surface area contributed by atoms with Gasteiger partial charge in [0.15, 0.2) is 0 Å². The van der Waals surface area contributed by atoms with Gasteiger partial charge >= 0.3 is 0 Å². The van der Waals surface area contributed by atoms with Crippen LogP contribution in [0.4, 0.5) is 4.39 Å². The lowest BCUT2D eigenvalue weighted by atomic mass is 10.0. The van der Waals surface area contributed by atoms with Gasteiger partial charge in [-0.05, 0) is 12.5 Å². The molecule has 0 atom stereocenters. The highest BCUT2D eigenvalue weighted by Gasteiger charge is 2.26. The molecule has 0 saturated carbocycles. The largest absolute Gasteiger partial charge is 0.366 e. The third kappa shape index (κ3) is 2.32. The highest BCUT2D eigenvalue weighted by atomic mass is 19.1. The van der Waals surface area contributed by atoms with E-state index in [9.17, 15) is 18.8 Å². The number of carbonyl (C=O) groups excluding carboxylic acids is 2. The number of carbonyl (C=O) groups is 2. The Hall–Kier alpha value is -2.90. The number of fused-ring (bicyclic) bond motifs is 1. The van der Waals surface area contributed by atoms with Crippen LogP contribution in [0.3, 0.4) is 0 Å². The number of halogens is 1. The molecule has 1 aliphatic rings. The Bertz CT molecular complexity index is 890. The molecule has 2 aromatic rings. The molecule has 2 heterocycles. The molecule has 0 bridgehead atoms. The van der Waals surface area contributed by atoms with Crippen molar-refractivity contribution in [2.24, 2.45) is 5.73 Å². The molecule has 1 saturated heterocycles. The summed E-state index contributed by atoms with van der Waals surface area (Å²) in [6.07, 6.45) is 1.10. The number of rotatable bonds is 3. The lowest BCUT2D eigenvalue weighted by Gasteiger charge is -2.20. The molecule has 1 aromatic carbocycles. The quantitative estimate of drug-likeness (QED) is 0.780. The summed E-state index contributed by atoms with van der Waals surface area (Å²) in [4.78, 5) is 37.5. The standard InChI is InChI=1S/C15H15FN4O3/c16-9-4-1-3-8-12(9)15(23)20(18)10(13(8)14(17)22)7-19-6-2-5-11(19)21/h1,3-4H,2,5-7,18H2,(H2,17,22). The number of primary amides is 1. The number of nitrogen functional groups attached to an aromatic ring is 1. The van der Waals surface area contributed by atoms with Crippen molar-refractivity contribution in [2.45, 2.75) is 19.4 Å². The van der Waals surface area contributed by atoms with Gasteiger partial charge < -0.3 is 16.5 Å². The third-order valence-electron chi connectivity index (χ3n) is 4.05. The van der Waals surface area contributed by atoms with Crippen LogP contribution in [0.1, 0.15) is 28.9 Å². The number of pyridine rings is 1. The predicted octanol–water partition coefficient (Wildman–Crippen LogP) is 0.0757. The zero-order chi connectivity index (χ0) is 16.7. The number of nitrogens with two attached hydrogens (primary N) is 2. The van der Waals surface area contributed by atoms with Gasteiger partial charge in [0.25, 0.3) is 11.5 Å². The van der Waals surface area contributed by atoms with Crippen molar-refractivity contribution < 1.29 is 14.0 Å². The van der Waals surface area contributed by atoms with Crippen LogP contribution in [0.5, 0.6) is 0 Å². The average Bonchev–Trinajstić information content (AvgIpc) is 2.89. The highest BCUT2D eigenvalue weighted by Crippen LogP contribution is 2.23. The van der Waals surface area contributed by atoms with Gasteiger partial charge in [-0.25, -0.2) is 9.07 Å². The van der Waals surface area contributed by atoms with Crippen LogP contribution in [-0.2, 0) is 11.3 Å². The molecule has 3 rings (SSSR count). The minimum absolute atomic E-state index is 0.0186. The molecular weight excluding hydrogens is 303 g/mol. The number of benzene rings is 1. The predicted molar refractivity (Wildman–Crippen MR) is 81.5 cm³/mol. The topological polar surface area (TPSA) is 111 Å². The number of hydrogen-bond donors (Lipinski definition) is 2. The van der Waals surface area contributed by atoms with E-state index in [0.29, 0.717) is 24.1 Å². The number of aromatic nitrogens is 1. The van der Waals surface area contributed by atoms with E-state index < -0.39 is 17.3 Å². The van der Waals surface area contributed by atoms with Crippen LogP contribution in [0.15, 0.2) is 23.0 Å². The van der Waals surface area contributed by atoms with E-state index in [1.165, 1.54) is 17.0 Å². The maximum absolute atomic E-state index is 14.0. The molecule has 8 heteroatoms. The minimum Gasteiger partial charge on any atom is -0.366 e. The first-order chi connectivity index (χ1) is 10.9. The summed E-state index contributed by atoms with van der Waals surface area (Å²) in [6, 6.07) is 3.93. The fourth-order valence-electron chi connectivity index (χ4n) is 2.95. The Morgan fingerprint density at radius 2 is 2.04 bits per heavy atom. The SMILES string of the molecule is NC(=O)c1c(CN2CCCC2=O)n(N)c(=O)c2c(F)cccc12. The van der Waals surface area contributed by atoms with E-state index in [2.05, 4.69) is 0 Å². The molecule has 1 aliphatic heterocycles. The normalized spacial score (nSPS) is 14.7. The van der Waals surface area contributed by atoms with E-state index in [-0.39, 0.29) is 34.5 Å². The Kier molecular flexibility index (Phi) is 3.51. The van der Waals surface area contributed by atoms with Crippen LogP contribution >= 0.6 is 0 Å². The van der Waals surface area contributed by atoms with Gasteiger partial charge in [-0.15, -0.1) is 0 Å². The molecule has 1 fully saturated rings. The van der Waals surface area contributed by atoms with Crippen LogP contribution in [-0.4, -0.2) is 27.9 Å². The number of nitrogens with zero attached hydrogens (tertiary/aromatic N) is 2. The Morgan fingerprint density at radius 1 is 1.30 bits per heavy atom. The fraction of sp³-hybridized carbons (Fsp3) is 0.267. The van der Waals surface area contributed by atoms with E-state index in [1.54, 1.807) is 0 Å². The summed E-state index contributed by atoms with van der Waals surface area (Å²) in [6.45, 7) is 0.488. The monoisotopic (exact) mass is 318 g/mol. The molecule has 2 amide bonds. The maximum Gasteiger partial charge on any atom is 0.279 e. The second-order valence-corrected chi connectivity index (χ2v) is 5.44. The zero-order valence-corrected chi connectivity index (χ0v) is 12.2. The molecule has 1 aromatic heterocycles. The van der Waals surface area contributed by atoms with Crippen LogP contribution in [0, 0.1) is 5.82 Å². The Balaban J connectivity index is 2.30. The van der Waals surface area contributed by atoms with Crippen LogP contribution in [0.2, 0.25) is 0 Å². The van der Waals surface area contributed by atoms with E-state index >= 15 is 0 Å². The Labute approximate surface area is 130 Å². The summed E-state index contributed by atoms with van der Waals surface area (Å²) in [5.41, 5.74) is 4.72. The van der Waals surface area contributed by atoms with E-state index in [4.69, 9.17) is 11.6 Å². The van der Waals surface area contributed by atoms with Crippen molar-refractivity contribution >= 4 is 22.6 Å². The maximum atomic E-state index is 14.0. The molecular formula is C15H15FN4O3. The fourth-order valence-corrected chi connectivity index (χ4v) is 2.95. The third-order valence-corrected chi connectivity index (χ3v) is 4.05. The van der Waals surface area contributed by atoms with Crippen LogP contribution in [0.25, 0.3) is 10.8 Å². The smallest absolute Gasteiger partial charge is 0.279 e. The van der Waals surface area contributed by atoms with Crippen molar-refractivity contribution in [2.75, 3.05) is 12.4 Å². The summed E-state index contributed by atoms with van der Waals surface area (Å²) in [5, 5.41) is -0.189. The molecule has 23 heavy (non-hydrogen) atoms. The molecule has 0 unspecified atom stereocenters. The van der Waals surface area contributed by atoms with Crippen molar-refractivity contribution in [1.82, 2.24) is 9.58 Å². The minimum atomic E-state index is -0.832. The van der Waals surface area contributed by atoms with E-state index in [1.807, 2.05) is 0 Å². The molecule has 7 nitrogen and oxygen atoms in total. The van der Waals surface area contributed by atoms with Crippen molar-refractivity contribution in [3.63, 3.8) is 0 Å². The summed E-state index contributed by atoms with van der Waals surface area (Å²) in [5.74, 6) is 4.07. The summed E-state index contributed by atoms with van der Waals surface area (Å²) in [7, 11) is 0. The molecule has 0 aliphatic carbocycles. The van der Waals surface area contributed by atoms with Gasteiger partial charge in [0.1, 0.15) is 5.82 Å². The van der Waals surface area contributed by atoms with Gasteiger partial charge in [0, 0.05) is 18.4 Å². The van der Waals surface area contributed by atoms with Gasteiger partial charge in [-0.3, -0.25) is 14.4 Å². The first-order valence-electron chi connectivity index (χ1n) is 7.10. The van der Waals surface area contributed by atoms with Gasteiger partial charge in [-0.2, -0.15) is 0 Å². The molecule has 120 valence electrons. The lowest BCUT2D eigenvalue weighted by Crippen LogP contribution is -2.37. The van der Waals surface area contributed by atoms with Crippen LogP contribution < -0.4 is 17.1 Å². The summed E-state index contributed by atoms with van der Waals surface area (Å²) >= 11 is 0. The van der Waals surface area contributed by atoms with E-state index in [0.717, 1.165) is 6.07 Å². The van der Waals surface area contributed by atoms with Crippen molar-refractivity contribution in [3.8, 4) is 0 Å². The second-order valence-electron chi connectivity index (χ2n) is 5.44. The lowest BCUT2D eigenvalue weighted by molar-refractivity contribution is -0.128.